The van der Waals surface area contributed by atoms with E-state index in [1.807, 2.05) is 6.92 Å². The first-order valence-corrected chi connectivity index (χ1v) is 8.98. The summed E-state index contributed by atoms with van der Waals surface area (Å²) in [5.74, 6) is 0.307. The van der Waals surface area contributed by atoms with Crippen molar-refractivity contribution in [1.29, 1.82) is 0 Å². The van der Waals surface area contributed by atoms with Gasteiger partial charge in [0, 0.05) is 36.8 Å². The molecule has 1 saturated heterocycles. The van der Waals surface area contributed by atoms with Crippen molar-refractivity contribution in [2.24, 2.45) is 10.9 Å². The summed E-state index contributed by atoms with van der Waals surface area (Å²) in [6.07, 6.45) is 1.94. The van der Waals surface area contributed by atoms with Crippen molar-refractivity contribution < 1.29 is 13.9 Å². The number of aliphatic imine (C=N–C) groups is 1. The number of nitrogens with zero attached hydrogens (tertiary/aromatic N) is 2. The van der Waals surface area contributed by atoms with E-state index in [2.05, 4.69) is 15.2 Å². The quantitative estimate of drug-likeness (QED) is 0.492. The van der Waals surface area contributed by atoms with Gasteiger partial charge in [0.05, 0.1) is 13.0 Å². The number of hydrogen-bond donors (Lipinski definition) is 1. The van der Waals surface area contributed by atoms with Gasteiger partial charge in [-0.05, 0) is 38.3 Å². The number of carbonyl (C=O) groups is 1. The number of benzene rings is 1. The molecule has 0 spiro atoms. The minimum Gasteiger partial charge on any atom is -0.469 e. The topological polar surface area (TPSA) is 53.9 Å². The smallest absolute Gasteiger partial charge is 0.308 e. The lowest BCUT2D eigenvalue weighted by atomic mass is 9.97. The Bertz CT molecular complexity index is 596. The van der Waals surface area contributed by atoms with Crippen LogP contribution in [0.2, 0.25) is 5.02 Å². The van der Waals surface area contributed by atoms with Crippen molar-refractivity contribution in [2.45, 2.75) is 26.2 Å². The molecule has 1 aliphatic rings. The number of piperidine rings is 1. The van der Waals surface area contributed by atoms with E-state index in [1.54, 1.807) is 12.1 Å². The van der Waals surface area contributed by atoms with Gasteiger partial charge in [-0.3, -0.25) is 9.79 Å². The molecule has 0 radical (unpaired) electrons. The van der Waals surface area contributed by atoms with Crippen LogP contribution in [0.3, 0.4) is 0 Å². The molecule has 25 heavy (non-hydrogen) atoms. The van der Waals surface area contributed by atoms with Crippen molar-refractivity contribution in [3.63, 3.8) is 0 Å². The van der Waals surface area contributed by atoms with Crippen LogP contribution < -0.4 is 5.32 Å². The zero-order valence-corrected chi connectivity index (χ0v) is 15.5. The minimum absolute atomic E-state index is 0.0404. The van der Waals surface area contributed by atoms with E-state index in [-0.39, 0.29) is 17.7 Å². The molecule has 1 fully saturated rings. The second kappa shape index (κ2) is 9.61. The summed E-state index contributed by atoms with van der Waals surface area (Å²) in [5.41, 5.74) is 0.494. The number of nitrogens with one attached hydrogen (secondary N) is 1. The summed E-state index contributed by atoms with van der Waals surface area (Å²) in [7, 11) is 1.42. The molecule has 7 heteroatoms. The molecular weight excluding hydrogens is 345 g/mol. The SMILES string of the molecule is CCNC(=NCCc1c(F)cccc1Cl)N1CCC(C(=O)OC)CC1. The molecule has 0 saturated carbocycles. The lowest BCUT2D eigenvalue weighted by Crippen LogP contribution is -2.46. The third-order valence-electron chi connectivity index (χ3n) is 4.35. The summed E-state index contributed by atoms with van der Waals surface area (Å²) in [6.45, 7) is 4.68. The maximum atomic E-state index is 13.8. The molecule has 0 amide bonds. The number of ether oxygens (including phenoxy) is 1. The van der Waals surface area contributed by atoms with Gasteiger partial charge in [-0.2, -0.15) is 0 Å². The number of halogens is 2. The van der Waals surface area contributed by atoms with Crippen molar-refractivity contribution in [3.8, 4) is 0 Å². The maximum absolute atomic E-state index is 13.8. The normalized spacial score (nSPS) is 16.0. The molecule has 1 heterocycles. The van der Waals surface area contributed by atoms with E-state index in [9.17, 15) is 9.18 Å². The van der Waals surface area contributed by atoms with Crippen LogP contribution in [-0.2, 0) is 16.0 Å². The summed E-state index contributed by atoms with van der Waals surface area (Å²) >= 11 is 6.06. The first-order chi connectivity index (χ1) is 12.1. The molecule has 1 aromatic carbocycles. The third-order valence-corrected chi connectivity index (χ3v) is 4.70. The summed E-state index contributed by atoms with van der Waals surface area (Å²) in [5, 5.41) is 3.69. The molecule has 0 bridgehead atoms. The number of rotatable bonds is 5. The number of guanidine groups is 1. The molecule has 5 nitrogen and oxygen atoms in total. The predicted octanol–water partition coefficient (Wildman–Crippen LogP) is 2.87. The van der Waals surface area contributed by atoms with Crippen LogP contribution in [0.1, 0.15) is 25.3 Å². The average molecular weight is 370 g/mol. The zero-order chi connectivity index (χ0) is 18.2. The van der Waals surface area contributed by atoms with Gasteiger partial charge in [-0.25, -0.2) is 4.39 Å². The van der Waals surface area contributed by atoms with Gasteiger partial charge in [-0.1, -0.05) is 17.7 Å². The predicted molar refractivity (Wildman–Crippen MR) is 97.4 cm³/mol. The molecule has 0 unspecified atom stereocenters. The highest BCUT2D eigenvalue weighted by Gasteiger charge is 2.26. The largest absolute Gasteiger partial charge is 0.469 e. The van der Waals surface area contributed by atoms with Crippen LogP contribution in [-0.4, -0.2) is 50.1 Å². The molecular formula is C18H25ClFN3O2. The Morgan fingerprint density at radius 1 is 1.44 bits per heavy atom. The van der Waals surface area contributed by atoms with Gasteiger partial charge < -0.3 is 15.0 Å². The third kappa shape index (κ3) is 5.33. The van der Waals surface area contributed by atoms with Gasteiger partial charge in [0.1, 0.15) is 5.82 Å². The van der Waals surface area contributed by atoms with E-state index >= 15 is 0 Å². The highest BCUT2D eigenvalue weighted by atomic mass is 35.5. The number of likely N-dealkylation sites (tertiary alicyclic amines) is 1. The minimum atomic E-state index is -0.299. The molecule has 0 atom stereocenters. The fraction of sp³-hybridized carbons (Fsp3) is 0.556. The van der Waals surface area contributed by atoms with E-state index in [0.29, 0.717) is 23.6 Å². The van der Waals surface area contributed by atoms with Crippen molar-refractivity contribution in [1.82, 2.24) is 10.2 Å². The number of carbonyl (C=O) groups excluding carboxylic acids is 1. The molecule has 138 valence electrons. The zero-order valence-electron chi connectivity index (χ0n) is 14.7. The molecule has 0 aromatic heterocycles. The fourth-order valence-electron chi connectivity index (χ4n) is 2.96. The Balaban J connectivity index is 1.96. The molecule has 1 aliphatic heterocycles. The molecule has 1 N–H and O–H groups in total. The van der Waals surface area contributed by atoms with Crippen LogP contribution >= 0.6 is 11.6 Å². The highest BCUT2D eigenvalue weighted by Crippen LogP contribution is 2.20. The van der Waals surface area contributed by atoms with E-state index < -0.39 is 0 Å². The number of hydrogen-bond acceptors (Lipinski definition) is 3. The summed E-state index contributed by atoms with van der Waals surface area (Å²) in [6, 6.07) is 4.69. The van der Waals surface area contributed by atoms with Gasteiger partial charge in [0.2, 0.25) is 0 Å². The van der Waals surface area contributed by atoms with Crippen molar-refractivity contribution in [2.75, 3.05) is 33.3 Å². The summed E-state index contributed by atoms with van der Waals surface area (Å²) in [4.78, 5) is 18.4. The van der Waals surface area contributed by atoms with Crippen LogP contribution in [0.15, 0.2) is 23.2 Å². The molecule has 2 rings (SSSR count). The monoisotopic (exact) mass is 369 g/mol. The fourth-order valence-corrected chi connectivity index (χ4v) is 3.22. The van der Waals surface area contributed by atoms with Crippen LogP contribution in [0.4, 0.5) is 4.39 Å². The van der Waals surface area contributed by atoms with E-state index in [0.717, 1.165) is 38.4 Å². The number of methoxy groups -OCH3 is 1. The summed E-state index contributed by atoms with van der Waals surface area (Å²) < 4.78 is 18.6. The van der Waals surface area contributed by atoms with E-state index in [1.165, 1.54) is 13.2 Å². The van der Waals surface area contributed by atoms with Gasteiger partial charge >= 0.3 is 5.97 Å². The van der Waals surface area contributed by atoms with E-state index in [4.69, 9.17) is 16.3 Å². The van der Waals surface area contributed by atoms with Crippen molar-refractivity contribution >= 4 is 23.5 Å². The maximum Gasteiger partial charge on any atom is 0.308 e. The molecule has 1 aromatic rings. The standard InChI is InChI=1S/C18H25ClFN3O2/c1-3-21-18(23-11-8-13(9-12-23)17(24)25-2)22-10-7-14-15(19)5-4-6-16(14)20/h4-6,13H,3,7-12H2,1-2H3,(H,21,22). The Morgan fingerprint density at radius 2 is 2.16 bits per heavy atom. The first kappa shape index (κ1) is 19.5. The van der Waals surface area contributed by atoms with Gasteiger partial charge in [0.15, 0.2) is 5.96 Å². The van der Waals surface area contributed by atoms with Gasteiger partial charge in [-0.15, -0.1) is 0 Å². The Labute approximate surface area is 153 Å². The van der Waals surface area contributed by atoms with Crippen molar-refractivity contribution in [3.05, 3.63) is 34.6 Å². The van der Waals surface area contributed by atoms with Crippen LogP contribution in [0, 0.1) is 11.7 Å². The van der Waals surface area contributed by atoms with Gasteiger partial charge in [0.25, 0.3) is 0 Å². The average Bonchev–Trinajstić information content (AvgIpc) is 2.63. The van der Waals surface area contributed by atoms with Crippen LogP contribution in [0.25, 0.3) is 0 Å². The number of esters is 1. The van der Waals surface area contributed by atoms with Crippen LogP contribution in [0.5, 0.6) is 0 Å². The molecule has 0 aliphatic carbocycles. The second-order valence-electron chi connectivity index (χ2n) is 5.97. The Hall–Kier alpha value is -1.82. The lowest BCUT2D eigenvalue weighted by Gasteiger charge is -2.33. The Morgan fingerprint density at radius 3 is 2.76 bits per heavy atom. The first-order valence-electron chi connectivity index (χ1n) is 8.60. The second-order valence-corrected chi connectivity index (χ2v) is 6.38. The highest BCUT2D eigenvalue weighted by molar-refractivity contribution is 6.31. The Kier molecular flexibility index (Phi) is 7.50. The lowest BCUT2D eigenvalue weighted by molar-refractivity contribution is -0.146.